The second-order valence-corrected chi connectivity index (χ2v) is 6.30. The highest BCUT2D eigenvalue weighted by Crippen LogP contribution is 2.18. The predicted molar refractivity (Wildman–Crippen MR) is 92.1 cm³/mol. The smallest absolute Gasteiger partial charge is 0.248 e. The van der Waals surface area contributed by atoms with Gasteiger partial charge in [-0.05, 0) is 38.8 Å². The summed E-state index contributed by atoms with van der Waals surface area (Å²) in [6.07, 6.45) is 5.70. The molecule has 0 unspecified atom stereocenters. The number of carbonyl (C=O) groups is 1. The molecular formula is C18H22N4O2. The summed E-state index contributed by atoms with van der Waals surface area (Å²) in [5.74, 6) is 0.574. The Morgan fingerprint density at radius 3 is 2.54 bits per heavy atom. The molecule has 24 heavy (non-hydrogen) atoms. The largest absolute Gasteiger partial charge is 0.393 e. The monoisotopic (exact) mass is 326 g/mol. The molecule has 1 aromatic heterocycles. The van der Waals surface area contributed by atoms with Crippen molar-refractivity contribution in [3.63, 3.8) is 0 Å². The molecular weight excluding hydrogens is 304 g/mol. The number of likely N-dealkylation sites (tertiary alicyclic amines) is 1. The number of aliphatic hydroxyl groups is 1. The van der Waals surface area contributed by atoms with Gasteiger partial charge >= 0.3 is 0 Å². The average Bonchev–Trinajstić information content (AvgIpc) is 3.01. The Bertz CT molecular complexity index is 738. The van der Waals surface area contributed by atoms with Gasteiger partial charge < -0.3 is 10.0 Å². The van der Waals surface area contributed by atoms with Gasteiger partial charge in [0.05, 0.1) is 6.10 Å². The summed E-state index contributed by atoms with van der Waals surface area (Å²) >= 11 is 0. The van der Waals surface area contributed by atoms with Crippen molar-refractivity contribution in [2.24, 2.45) is 0 Å². The summed E-state index contributed by atoms with van der Waals surface area (Å²) in [5.41, 5.74) is 3.30. The van der Waals surface area contributed by atoms with E-state index in [1.165, 1.54) is 17.2 Å². The van der Waals surface area contributed by atoms with E-state index in [1.807, 2.05) is 26.0 Å². The summed E-state index contributed by atoms with van der Waals surface area (Å²) in [7, 11) is 0. The molecule has 1 amide bonds. The first kappa shape index (κ1) is 16.4. The number of carbonyl (C=O) groups excluding carboxylic acids is 1. The number of amides is 1. The van der Waals surface area contributed by atoms with Crippen molar-refractivity contribution in [1.82, 2.24) is 19.7 Å². The fourth-order valence-electron chi connectivity index (χ4n) is 2.91. The lowest BCUT2D eigenvalue weighted by Crippen LogP contribution is -2.39. The number of benzene rings is 1. The molecule has 1 fully saturated rings. The van der Waals surface area contributed by atoms with Crippen LogP contribution >= 0.6 is 0 Å². The first-order valence-corrected chi connectivity index (χ1v) is 8.16. The van der Waals surface area contributed by atoms with Crippen molar-refractivity contribution in [1.29, 1.82) is 0 Å². The zero-order valence-electron chi connectivity index (χ0n) is 14.0. The van der Waals surface area contributed by atoms with Gasteiger partial charge in [0.15, 0.2) is 5.82 Å². The van der Waals surface area contributed by atoms with Crippen molar-refractivity contribution in [3.8, 4) is 11.4 Å². The molecule has 6 heteroatoms. The molecule has 0 saturated carbocycles. The number of aryl methyl sites for hydroxylation is 2. The number of piperidine rings is 1. The van der Waals surface area contributed by atoms with Crippen LogP contribution in [-0.4, -0.2) is 49.9 Å². The van der Waals surface area contributed by atoms with E-state index in [4.69, 9.17) is 0 Å². The van der Waals surface area contributed by atoms with E-state index in [9.17, 15) is 9.90 Å². The minimum Gasteiger partial charge on any atom is -0.393 e. The lowest BCUT2D eigenvalue weighted by Gasteiger charge is -2.28. The van der Waals surface area contributed by atoms with Crippen LogP contribution < -0.4 is 0 Å². The number of aromatic nitrogens is 3. The van der Waals surface area contributed by atoms with E-state index < -0.39 is 0 Å². The Labute approximate surface area is 141 Å². The Hall–Kier alpha value is -2.47. The van der Waals surface area contributed by atoms with Crippen molar-refractivity contribution >= 4 is 12.1 Å². The highest BCUT2D eigenvalue weighted by atomic mass is 16.3. The normalized spacial score (nSPS) is 16.0. The van der Waals surface area contributed by atoms with E-state index >= 15 is 0 Å². The summed E-state index contributed by atoms with van der Waals surface area (Å²) in [5, 5.41) is 13.9. The van der Waals surface area contributed by atoms with Crippen LogP contribution in [0.4, 0.5) is 0 Å². The quantitative estimate of drug-likeness (QED) is 0.876. The van der Waals surface area contributed by atoms with Crippen molar-refractivity contribution in [2.45, 2.75) is 32.8 Å². The van der Waals surface area contributed by atoms with E-state index in [1.54, 1.807) is 22.1 Å². The van der Waals surface area contributed by atoms with Gasteiger partial charge in [-0.15, -0.1) is 5.10 Å². The summed E-state index contributed by atoms with van der Waals surface area (Å²) in [6.45, 7) is 5.27. The molecule has 0 aliphatic carbocycles. The van der Waals surface area contributed by atoms with Crippen LogP contribution in [0.3, 0.4) is 0 Å². The average molecular weight is 326 g/mol. The minimum absolute atomic E-state index is 0.0645. The standard InChI is InChI=1S/C18H22N4O2/c1-13-9-14(2)11-15(10-13)18-19-12-22(20-18)8-5-17(24)21-6-3-16(23)4-7-21/h5,8-12,16,23H,3-4,6-7H2,1-2H3/b8-5-. The maximum Gasteiger partial charge on any atom is 0.248 e. The van der Waals surface area contributed by atoms with Crippen LogP contribution in [0.25, 0.3) is 17.6 Å². The maximum atomic E-state index is 12.1. The zero-order chi connectivity index (χ0) is 17.1. The highest BCUT2D eigenvalue weighted by Gasteiger charge is 2.19. The van der Waals surface area contributed by atoms with Gasteiger partial charge in [0.1, 0.15) is 6.33 Å². The molecule has 1 aliphatic heterocycles. The molecule has 0 radical (unpaired) electrons. The van der Waals surface area contributed by atoms with E-state index in [0.29, 0.717) is 31.8 Å². The Kier molecular flexibility index (Phi) is 4.76. The van der Waals surface area contributed by atoms with Gasteiger partial charge in [0.2, 0.25) is 5.91 Å². The number of aliphatic hydroxyl groups excluding tert-OH is 1. The molecule has 2 heterocycles. The fourth-order valence-corrected chi connectivity index (χ4v) is 2.91. The summed E-state index contributed by atoms with van der Waals surface area (Å²) < 4.78 is 1.55. The molecule has 1 aromatic carbocycles. The molecule has 0 atom stereocenters. The number of rotatable bonds is 3. The van der Waals surface area contributed by atoms with Gasteiger partial charge in [-0.2, -0.15) is 0 Å². The van der Waals surface area contributed by atoms with E-state index in [0.717, 1.165) is 5.56 Å². The lowest BCUT2D eigenvalue weighted by molar-refractivity contribution is -0.127. The molecule has 3 rings (SSSR count). The van der Waals surface area contributed by atoms with Crippen LogP contribution in [0.5, 0.6) is 0 Å². The summed E-state index contributed by atoms with van der Waals surface area (Å²) in [4.78, 5) is 18.2. The third-order valence-corrected chi connectivity index (χ3v) is 4.13. The van der Waals surface area contributed by atoms with Crippen molar-refractivity contribution < 1.29 is 9.90 Å². The Morgan fingerprint density at radius 1 is 1.21 bits per heavy atom. The number of nitrogens with zero attached hydrogens (tertiary/aromatic N) is 4. The molecule has 6 nitrogen and oxygen atoms in total. The van der Waals surface area contributed by atoms with Crippen molar-refractivity contribution in [2.75, 3.05) is 13.1 Å². The number of hydrogen-bond donors (Lipinski definition) is 1. The highest BCUT2D eigenvalue weighted by molar-refractivity contribution is 5.90. The number of hydrogen-bond acceptors (Lipinski definition) is 4. The molecule has 1 aliphatic rings. The van der Waals surface area contributed by atoms with Gasteiger partial charge in [-0.1, -0.05) is 17.2 Å². The molecule has 126 valence electrons. The Balaban J connectivity index is 1.68. The fraction of sp³-hybridized carbons (Fsp3) is 0.389. The van der Waals surface area contributed by atoms with Gasteiger partial charge in [-0.25, -0.2) is 9.67 Å². The van der Waals surface area contributed by atoms with Gasteiger partial charge in [0, 0.05) is 30.9 Å². The van der Waals surface area contributed by atoms with E-state index in [2.05, 4.69) is 16.1 Å². The van der Waals surface area contributed by atoms with Crippen LogP contribution in [0.15, 0.2) is 30.6 Å². The molecule has 1 N–H and O–H groups in total. The first-order valence-electron chi connectivity index (χ1n) is 8.16. The second-order valence-electron chi connectivity index (χ2n) is 6.30. The van der Waals surface area contributed by atoms with Gasteiger partial charge in [-0.3, -0.25) is 4.79 Å². The first-order chi connectivity index (χ1) is 11.5. The molecule has 2 aromatic rings. The van der Waals surface area contributed by atoms with Crippen LogP contribution in [-0.2, 0) is 4.79 Å². The maximum absolute atomic E-state index is 12.1. The van der Waals surface area contributed by atoms with E-state index in [-0.39, 0.29) is 12.0 Å². The SMILES string of the molecule is Cc1cc(C)cc(-c2ncn(/C=C\C(=O)N3CCC(O)CC3)n2)c1. The Morgan fingerprint density at radius 2 is 1.88 bits per heavy atom. The third kappa shape index (κ3) is 3.89. The van der Waals surface area contributed by atoms with Crippen LogP contribution in [0.1, 0.15) is 24.0 Å². The molecule has 0 spiro atoms. The second kappa shape index (κ2) is 6.97. The topological polar surface area (TPSA) is 71.2 Å². The van der Waals surface area contributed by atoms with Gasteiger partial charge in [0.25, 0.3) is 0 Å². The molecule has 1 saturated heterocycles. The third-order valence-electron chi connectivity index (χ3n) is 4.13. The summed E-state index contributed by atoms with van der Waals surface area (Å²) in [6, 6.07) is 6.19. The van der Waals surface area contributed by atoms with Crippen molar-refractivity contribution in [3.05, 3.63) is 41.7 Å². The molecule has 0 bridgehead atoms. The predicted octanol–water partition coefficient (Wildman–Crippen LogP) is 2.02. The lowest BCUT2D eigenvalue weighted by atomic mass is 10.1. The van der Waals surface area contributed by atoms with Crippen LogP contribution in [0, 0.1) is 13.8 Å². The zero-order valence-corrected chi connectivity index (χ0v) is 14.0. The van der Waals surface area contributed by atoms with Crippen LogP contribution in [0.2, 0.25) is 0 Å². The minimum atomic E-state index is -0.284.